The lowest BCUT2D eigenvalue weighted by molar-refractivity contribution is -0.137. The average Bonchev–Trinajstić information content (AvgIpc) is 2.01. The third kappa shape index (κ3) is 5.85. The summed E-state index contributed by atoms with van der Waals surface area (Å²) >= 11 is 5.32. The van der Waals surface area contributed by atoms with Crippen molar-refractivity contribution in [3.8, 4) is 0 Å². The van der Waals surface area contributed by atoms with E-state index in [4.69, 9.17) is 22.1 Å². The summed E-state index contributed by atoms with van der Waals surface area (Å²) in [5, 5.41) is 0. The number of carbonyl (C=O) groups is 1. The maximum absolute atomic E-state index is 10.7. The van der Waals surface area contributed by atoms with E-state index >= 15 is 0 Å². The van der Waals surface area contributed by atoms with Crippen LogP contribution in [0.4, 0.5) is 0 Å². The van der Waals surface area contributed by atoms with Crippen molar-refractivity contribution in [2.45, 2.75) is 6.92 Å². The van der Waals surface area contributed by atoms with Crippen LogP contribution in [0.3, 0.4) is 0 Å². The first-order chi connectivity index (χ1) is 5.70. The maximum atomic E-state index is 10.7. The largest absolute Gasteiger partial charge is 0.478 e. The Hall–Kier alpha value is -0.900. The lowest BCUT2D eigenvalue weighted by atomic mass is 10.6. The number of nitrogens with two attached hydrogens (primary N) is 1. The molecule has 0 spiro atoms. The van der Waals surface area contributed by atoms with Gasteiger partial charge < -0.3 is 15.2 Å². The van der Waals surface area contributed by atoms with Gasteiger partial charge in [-0.15, -0.1) is 11.6 Å². The van der Waals surface area contributed by atoms with E-state index in [1.807, 2.05) is 0 Å². The molecule has 0 aliphatic carbocycles. The van der Waals surface area contributed by atoms with Gasteiger partial charge in [0.25, 0.3) is 0 Å². The van der Waals surface area contributed by atoms with Crippen LogP contribution in [0.5, 0.6) is 0 Å². The normalized spacial score (nSPS) is 11.0. The van der Waals surface area contributed by atoms with Gasteiger partial charge in [0.05, 0.1) is 18.6 Å². The molecule has 0 amide bonds. The van der Waals surface area contributed by atoms with Gasteiger partial charge in [0.1, 0.15) is 6.61 Å². The first kappa shape index (κ1) is 11.1. The molecule has 0 saturated carbocycles. The average molecular weight is 194 g/mol. The van der Waals surface area contributed by atoms with Gasteiger partial charge in [-0.05, 0) is 6.92 Å². The van der Waals surface area contributed by atoms with Gasteiger partial charge in [0.15, 0.2) is 5.88 Å². The highest BCUT2D eigenvalue weighted by Crippen LogP contribution is 1.90. The number of carbonyl (C=O) groups excluding carboxylic acids is 1. The zero-order valence-corrected chi connectivity index (χ0v) is 7.63. The van der Waals surface area contributed by atoms with Crippen molar-refractivity contribution < 1.29 is 14.3 Å². The second kappa shape index (κ2) is 6.79. The number of hydrogen-bond donors (Lipinski definition) is 1. The zero-order valence-electron chi connectivity index (χ0n) is 6.88. The summed E-state index contributed by atoms with van der Waals surface area (Å²) in [6, 6.07) is 0. The molecule has 0 aliphatic rings. The van der Waals surface area contributed by atoms with Crippen LogP contribution in [0, 0.1) is 0 Å². The predicted molar refractivity (Wildman–Crippen MR) is 45.6 cm³/mol. The Bertz CT molecular complexity index is 170. The molecule has 0 radical (unpaired) electrons. The van der Waals surface area contributed by atoms with Crippen LogP contribution in [0.1, 0.15) is 6.92 Å². The topological polar surface area (TPSA) is 61.5 Å². The van der Waals surface area contributed by atoms with Crippen molar-refractivity contribution >= 4 is 17.6 Å². The first-order valence-corrected chi connectivity index (χ1v) is 4.06. The van der Waals surface area contributed by atoms with Gasteiger partial charge in [-0.2, -0.15) is 0 Å². The lowest BCUT2D eigenvalue weighted by Crippen LogP contribution is -2.09. The monoisotopic (exact) mass is 193 g/mol. The lowest BCUT2D eigenvalue weighted by Gasteiger charge is -2.02. The number of hydrogen-bond acceptors (Lipinski definition) is 4. The summed E-state index contributed by atoms with van der Waals surface area (Å²) in [5.41, 5.74) is 5.27. The highest BCUT2D eigenvalue weighted by atomic mass is 35.5. The summed E-state index contributed by atoms with van der Waals surface area (Å²) in [6.07, 6.45) is 1.08. The number of rotatable bonds is 5. The smallest absolute Gasteiger partial charge is 0.336 e. The number of alkyl halides is 1. The summed E-state index contributed by atoms with van der Waals surface area (Å²) in [4.78, 5) is 10.7. The fourth-order valence-corrected chi connectivity index (χ4v) is 0.575. The Morgan fingerprint density at radius 3 is 2.75 bits per heavy atom. The molecule has 0 unspecified atom stereocenters. The molecule has 0 heterocycles. The first-order valence-electron chi connectivity index (χ1n) is 3.53. The molecule has 2 N–H and O–H groups in total. The standard InChI is InChI=1S/C7H12ClNO3/c1-2-11-7(10)5-6(9)12-4-3-8/h5H,2-4,9H2,1H3. The summed E-state index contributed by atoms with van der Waals surface area (Å²) in [5.74, 6) is -0.157. The molecule has 0 bridgehead atoms. The molecular weight excluding hydrogens is 182 g/mol. The van der Waals surface area contributed by atoms with E-state index in [0.29, 0.717) is 12.5 Å². The van der Waals surface area contributed by atoms with Gasteiger partial charge in [-0.25, -0.2) is 4.79 Å². The van der Waals surface area contributed by atoms with Crippen molar-refractivity contribution in [2.24, 2.45) is 5.73 Å². The van der Waals surface area contributed by atoms with E-state index in [1.54, 1.807) is 6.92 Å². The Morgan fingerprint density at radius 1 is 1.58 bits per heavy atom. The van der Waals surface area contributed by atoms with Gasteiger partial charge in [0.2, 0.25) is 0 Å². The van der Waals surface area contributed by atoms with Gasteiger partial charge >= 0.3 is 5.97 Å². The maximum Gasteiger partial charge on any atom is 0.336 e. The minimum absolute atomic E-state index is 0.0223. The van der Waals surface area contributed by atoms with Crippen molar-refractivity contribution in [1.29, 1.82) is 0 Å². The predicted octanol–water partition coefficient (Wildman–Crippen LogP) is 0.605. The number of halogens is 1. The second-order valence-electron chi connectivity index (χ2n) is 1.84. The van der Waals surface area contributed by atoms with Crippen LogP contribution in [-0.4, -0.2) is 25.1 Å². The van der Waals surface area contributed by atoms with Crippen molar-refractivity contribution in [1.82, 2.24) is 0 Å². The molecule has 0 aromatic rings. The third-order valence-electron chi connectivity index (χ3n) is 0.893. The molecular formula is C7H12ClNO3. The van der Waals surface area contributed by atoms with Crippen LogP contribution in [0.2, 0.25) is 0 Å². The van der Waals surface area contributed by atoms with E-state index in [1.165, 1.54) is 0 Å². The van der Waals surface area contributed by atoms with Gasteiger partial charge in [0, 0.05) is 0 Å². The molecule has 0 fully saturated rings. The van der Waals surface area contributed by atoms with Gasteiger partial charge in [-0.3, -0.25) is 0 Å². The highest BCUT2D eigenvalue weighted by molar-refractivity contribution is 6.17. The van der Waals surface area contributed by atoms with Gasteiger partial charge in [-0.1, -0.05) is 0 Å². The van der Waals surface area contributed by atoms with E-state index in [-0.39, 0.29) is 12.5 Å². The van der Waals surface area contributed by atoms with Crippen LogP contribution < -0.4 is 5.73 Å². The summed E-state index contributed by atoms with van der Waals surface area (Å²) < 4.78 is 9.40. The van der Waals surface area contributed by atoms with Crippen molar-refractivity contribution in [3.05, 3.63) is 12.0 Å². The molecule has 70 valence electrons. The van der Waals surface area contributed by atoms with Crippen LogP contribution >= 0.6 is 11.6 Å². The fraction of sp³-hybridized carbons (Fsp3) is 0.571. The Balaban J connectivity index is 3.72. The molecule has 4 nitrogen and oxygen atoms in total. The molecule has 0 atom stereocenters. The molecule has 0 saturated heterocycles. The minimum Gasteiger partial charge on any atom is -0.478 e. The molecule has 0 rings (SSSR count). The minimum atomic E-state index is -0.510. The van der Waals surface area contributed by atoms with E-state index in [0.717, 1.165) is 6.08 Å². The van der Waals surface area contributed by atoms with Crippen LogP contribution in [-0.2, 0) is 14.3 Å². The summed E-state index contributed by atoms with van der Waals surface area (Å²) in [7, 11) is 0. The van der Waals surface area contributed by atoms with Crippen LogP contribution in [0.15, 0.2) is 12.0 Å². The van der Waals surface area contributed by atoms with E-state index < -0.39 is 5.97 Å². The van der Waals surface area contributed by atoms with Crippen LogP contribution in [0.25, 0.3) is 0 Å². The molecule has 0 aliphatic heterocycles. The SMILES string of the molecule is CCOC(=O)C=C(N)OCCCl. The van der Waals surface area contributed by atoms with Crippen molar-refractivity contribution in [2.75, 3.05) is 19.1 Å². The number of esters is 1. The van der Waals surface area contributed by atoms with E-state index in [2.05, 4.69) is 4.74 Å². The van der Waals surface area contributed by atoms with Crippen molar-refractivity contribution in [3.63, 3.8) is 0 Å². The molecule has 12 heavy (non-hydrogen) atoms. The van der Waals surface area contributed by atoms with E-state index in [9.17, 15) is 4.79 Å². The molecule has 5 heteroatoms. The Kier molecular flexibility index (Phi) is 6.28. The number of ether oxygens (including phenoxy) is 2. The summed E-state index contributed by atoms with van der Waals surface area (Å²) in [6.45, 7) is 2.31. The third-order valence-corrected chi connectivity index (χ3v) is 1.05. The quantitative estimate of drug-likeness (QED) is 0.301. The molecule has 0 aromatic carbocycles. The second-order valence-corrected chi connectivity index (χ2v) is 2.21. The fourth-order valence-electron chi connectivity index (χ4n) is 0.498. The zero-order chi connectivity index (χ0) is 9.40. The Morgan fingerprint density at radius 2 is 2.25 bits per heavy atom. The highest BCUT2D eigenvalue weighted by Gasteiger charge is 1.98. The molecule has 0 aromatic heterocycles. The Labute approximate surface area is 76.3 Å².